The van der Waals surface area contributed by atoms with Crippen molar-refractivity contribution in [3.05, 3.63) is 358 Å². The quantitative estimate of drug-likeness (QED) is 0.120. The second-order valence-electron chi connectivity index (χ2n) is 15.1. The van der Waals surface area contributed by atoms with E-state index in [1.807, 2.05) is 290 Å². The third-order valence-corrected chi connectivity index (χ3v) is 10.1. The third-order valence-electron chi connectivity index (χ3n) is 10.1. The molecule has 10 aromatic carbocycles. The van der Waals surface area contributed by atoms with Crippen LogP contribution in [0.5, 0.6) is 0 Å². The van der Waals surface area contributed by atoms with Gasteiger partial charge in [0.05, 0.1) is 6.20 Å². The fraction of sp³-hybridized carbons (Fsp3) is 0. The molecule has 0 atom stereocenters. The van der Waals surface area contributed by atoms with Gasteiger partial charge >= 0.3 is 0 Å². The Hall–Kier alpha value is -8.20. The maximum atomic E-state index is 4.22. The first-order chi connectivity index (χ1) is 35.8. The molecule has 0 bridgehead atoms. The first-order valence-corrected chi connectivity index (χ1v) is 23.3. The van der Waals surface area contributed by atoms with E-state index >= 15 is 0 Å². The molecule has 0 spiro atoms. The Kier molecular flexibility index (Phi) is 26.2. The average molecular weight is 1300 g/mol. The van der Waals surface area contributed by atoms with Crippen molar-refractivity contribution < 1.29 is 44.8 Å². The molecule has 0 aliphatic rings. The van der Waals surface area contributed by atoms with E-state index in [1.165, 1.54) is 0 Å². The summed E-state index contributed by atoms with van der Waals surface area (Å²) >= 11 is 0. The molecule has 0 saturated carbocycles. The van der Waals surface area contributed by atoms with Crippen LogP contribution in [0.3, 0.4) is 0 Å². The zero-order valence-corrected chi connectivity index (χ0v) is 45.1. The van der Waals surface area contributed by atoms with Gasteiger partial charge in [-0.3, -0.25) is 0 Å². The summed E-state index contributed by atoms with van der Waals surface area (Å²) in [6.45, 7) is 0. The van der Waals surface area contributed by atoms with Crippen LogP contribution in [-0.2, 0) is 40.2 Å². The number of para-hydroxylation sites is 1. The van der Waals surface area contributed by atoms with Gasteiger partial charge in [-0.2, -0.15) is 218 Å². The van der Waals surface area contributed by atoms with Crippen molar-refractivity contribution in [1.82, 2.24) is 4.98 Å². The molecule has 2 heterocycles. The van der Waals surface area contributed by atoms with Crippen molar-refractivity contribution in [2.45, 2.75) is 0 Å². The van der Waals surface area contributed by atoms with Gasteiger partial charge in [0.2, 0.25) is 0 Å². The molecule has 366 valence electrons. The van der Waals surface area contributed by atoms with Crippen molar-refractivity contribution in [3.8, 4) is 61.5 Å². The van der Waals surface area contributed by atoms with Gasteiger partial charge < -0.3 is 9.55 Å². The minimum Gasteiger partial charge on any atom is -0.307 e. The molecule has 12 aromatic rings. The largest absolute Gasteiger partial charge is 0.307 e. The van der Waals surface area contributed by atoms with E-state index in [-0.39, 0.29) is 40.2 Å². The Balaban J connectivity index is 0.000000164. The van der Waals surface area contributed by atoms with Gasteiger partial charge in [-0.1, -0.05) is 24.3 Å². The molecule has 2 aromatic heterocycles. The Labute approximate surface area is 466 Å². The molecule has 0 aliphatic heterocycles. The number of pyridine rings is 2. The normalized spacial score (nSPS) is 9.41. The monoisotopic (exact) mass is 1300 g/mol. The Bertz CT molecular complexity index is 2390. The fourth-order valence-electron chi connectivity index (χ4n) is 6.60. The summed E-state index contributed by atoms with van der Waals surface area (Å²) < 4.78 is 1.90. The summed E-state index contributed by atoms with van der Waals surface area (Å²) in [7, 11) is 0. The molecule has 0 saturated heterocycles. The van der Waals surface area contributed by atoms with Crippen LogP contribution >= 0.6 is 0 Å². The van der Waals surface area contributed by atoms with Gasteiger partial charge in [0, 0.05) is 52.1 Å². The zero-order chi connectivity index (χ0) is 49.4. The minimum absolute atomic E-state index is 0. The summed E-state index contributed by atoms with van der Waals surface area (Å²) in [5, 5.41) is 0. The Morgan fingerprint density at radius 3 is 0.743 bits per heavy atom. The minimum atomic E-state index is 0. The summed E-state index contributed by atoms with van der Waals surface area (Å²) in [4.78, 5) is 4.22. The number of hydrogen-bond acceptors (Lipinski definition) is 1. The summed E-state index contributed by atoms with van der Waals surface area (Å²) in [5.41, 5.74) is 11.8. The van der Waals surface area contributed by atoms with Gasteiger partial charge in [0.1, 0.15) is 6.20 Å². The van der Waals surface area contributed by atoms with Crippen molar-refractivity contribution in [2.24, 2.45) is 0 Å². The number of aromatic nitrogens is 2. The van der Waals surface area contributed by atoms with Crippen LogP contribution in [0.15, 0.2) is 291 Å². The molecule has 74 heavy (non-hydrogen) atoms. The molecule has 12 rings (SSSR count). The maximum Gasteiger partial charge on any atom is 0.150 e. The summed E-state index contributed by atoms with van der Waals surface area (Å²) in [5.74, 6) is 0. The summed E-state index contributed by atoms with van der Waals surface area (Å²) in [6, 6.07) is 122. The SMILES string of the molecule is [Ir].[Ir].[c-]1ccccc1-[n+]1[c-]cccc1.[c-]1ccccc1-c1[c-]cccc1.[c-]1ccccc1-c1[c-]cccc1.[c-]1ccccc1-c1[c-]cccc1.[c-]1ccccc1-c1[c-]cccc1.[c-]1ccccc1-c1ccccn1. The van der Waals surface area contributed by atoms with Gasteiger partial charge in [-0.15, -0.1) is 96.6 Å². The smallest absolute Gasteiger partial charge is 0.150 e. The average Bonchev–Trinajstić information content (AvgIpc) is 3.51. The van der Waals surface area contributed by atoms with Gasteiger partial charge in [-0.25, -0.2) is 44.5 Å². The van der Waals surface area contributed by atoms with Crippen LogP contribution in [0, 0.1) is 66.9 Å². The maximum absolute atomic E-state index is 4.22. The van der Waals surface area contributed by atoms with E-state index in [9.17, 15) is 0 Å². The number of nitrogens with zero attached hydrogens (tertiary/aromatic N) is 2. The van der Waals surface area contributed by atoms with Crippen molar-refractivity contribution in [2.75, 3.05) is 0 Å². The second-order valence-corrected chi connectivity index (χ2v) is 15.1. The molecular formula is C70H48Ir2N2-10. The molecule has 0 unspecified atom stereocenters. The zero-order valence-electron chi connectivity index (χ0n) is 40.3. The topological polar surface area (TPSA) is 16.8 Å². The van der Waals surface area contributed by atoms with Crippen LogP contribution < -0.4 is 4.57 Å². The number of rotatable bonds is 6. The van der Waals surface area contributed by atoms with Crippen molar-refractivity contribution >= 4 is 0 Å². The fourth-order valence-corrected chi connectivity index (χ4v) is 6.60. The van der Waals surface area contributed by atoms with Gasteiger partial charge in [0.25, 0.3) is 0 Å². The van der Waals surface area contributed by atoms with Gasteiger partial charge in [0.15, 0.2) is 0 Å². The molecular weight excluding hydrogens is 1250 g/mol. The van der Waals surface area contributed by atoms with Crippen LogP contribution in [0.25, 0.3) is 61.5 Å². The van der Waals surface area contributed by atoms with E-state index in [0.717, 1.165) is 61.5 Å². The third kappa shape index (κ3) is 20.1. The van der Waals surface area contributed by atoms with Crippen molar-refractivity contribution in [3.63, 3.8) is 0 Å². The number of hydrogen-bond donors (Lipinski definition) is 0. The molecule has 0 aliphatic carbocycles. The van der Waals surface area contributed by atoms with E-state index in [1.54, 1.807) is 6.20 Å². The summed E-state index contributed by atoms with van der Waals surface area (Å²) in [6.07, 6.45) is 6.81. The molecule has 4 heteroatoms. The first kappa shape index (κ1) is 56.7. The van der Waals surface area contributed by atoms with E-state index < -0.39 is 0 Å². The van der Waals surface area contributed by atoms with Crippen LogP contribution in [0.2, 0.25) is 0 Å². The van der Waals surface area contributed by atoms with Crippen molar-refractivity contribution in [1.29, 1.82) is 0 Å². The Morgan fingerprint density at radius 1 is 0.243 bits per heavy atom. The second kappa shape index (κ2) is 34.2. The van der Waals surface area contributed by atoms with E-state index in [4.69, 9.17) is 0 Å². The Morgan fingerprint density at radius 2 is 0.514 bits per heavy atom. The van der Waals surface area contributed by atoms with Gasteiger partial charge in [-0.05, 0) is 11.8 Å². The molecule has 0 amide bonds. The predicted molar refractivity (Wildman–Crippen MR) is 292 cm³/mol. The standard InChI is InChI=1S/4C12H8.2C11H8N.2Ir/c5*1-3-7-11(8-4-1)12-9-5-2-6-10-12;1-2-6-10(7-3-1)11-8-4-5-9-12-11;;/h5*1-7,9H;1-6,8-9H;;/q4*-2;2*-1;;. The van der Waals surface area contributed by atoms with E-state index in [2.05, 4.69) is 71.8 Å². The molecule has 2 nitrogen and oxygen atoms in total. The van der Waals surface area contributed by atoms with Crippen LogP contribution in [0.4, 0.5) is 0 Å². The predicted octanol–water partition coefficient (Wildman–Crippen LogP) is 15.9. The number of benzene rings is 10. The van der Waals surface area contributed by atoms with Crippen LogP contribution in [-0.4, -0.2) is 4.98 Å². The molecule has 2 radical (unpaired) electrons. The van der Waals surface area contributed by atoms with Crippen LogP contribution in [0.1, 0.15) is 0 Å². The van der Waals surface area contributed by atoms with E-state index in [0.29, 0.717) is 0 Å². The molecule has 0 fully saturated rings. The molecule has 0 N–H and O–H groups in total. The first-order valence-electron chi connectivity index (χ1n) is 23.3.